The summed E-state index contributed by atoms with van der Waals surface area (Å²) in [5.74, 6) is -0.478. The van der Waals surface area contributed by atoms with Crippen molar-refractivity contribution in [2.45, 2.75) is 17.7 Å². The first-order valence-electron chi connectivity index (χ1n) is 4.80. The van der Waals surface area contributed by atoms with Gasteiger partial charge in [-0.05, 0) is 53.0 Å². The van der Waals surface area contributed by atoms with Gasteiger partial charge in [-0.3, -0.25) is 0 Å². The molecule has 0 heterocycles. The average molecular weight is 356 g/mol. The Labute approximate surface area is 109 Å². The van der Waals surface area contributed by atoms with Crippen molar-refractivity contribution >= 4 is 26.2 Å². The van der Waals surface area contributed by atoms with E-state index in [4.69, 9.17) is 5.73 Å². The fourth-order valence-corrected chi connectivity index (χ4v) is 2.69. The molecule has 0 aromatic heterocycles. The monoisotopic (exact) mass is 355 g/mol. The molecule has 2 nitrogen and oxygen atoms in total. The largest absolute Gasteiger partial charge is 0.506 e. The van der Waals surface area contributed by atoms with Gasteiger partial charge < -0.3 is 10.8 Å². The fourth-order valence-electron chi connectivity index (χ4n) is 1.33. The number of halogens is 6. The number of hydrogen-bond acceptors (Lipinski definition) is 2. The molecule has 0 radical (unpaired) electrons. The summed E-state index contributed by atoms with van der Waals surface area (Å²) in [7, 11) is -9.74. The van der Waals surface area contributed by atoms with Gasteiger partial charge >= 0.3 is 10.2 Å². The van der Waals surface area contributed by atoms with Crippen LogP contribution in [0.5, 0.6) is 5.75 Å². The molecule has 0 fully saturated rings. The fraction of sp³-hybridized carbons (Fsp3) is 0.333. The minimum absolute atomic E-state index is 0.0113. The normalized spacial score (nSPS) is 16.2. The predicted octanol–water partition coefficient (Wildman–Crippen LogP) is 4.70. The lowest BCUT2D eigenvalue weighted by atomic mass is 10.1. The lowest BCUT2D eigenvalue weighted by Gasteiger charge is -2.40. The Bertz CT molecular complexity index is 475. The SMILES string of the molecule is NCCCc1cc(S(F)(F)(F)(F)F)cc(Br)c1O. The summed E-state index contributed by atoms with van der Waals surface area (Å²) >= 11 is 2.63. The van der Waals surface area contributed by atoms with Crippen molar-refractivity contribution in [3.63, 3.8) is 0 Å². The molecule has 3 N–H and O–H groups in total. The Morgan fingerprint density at radius 1 is 1.17 bits per heavy atom. The molecular formula is C9H11BrF5NOS. The van der Waals surface area contributed by atoms with Crippen LogP contribution in [-0.2, 0) is 6.42 Å². The second-order valence-corrected chi connectivity index (χ2v) is 7.04. The van der Waals surface area contributed by atoms with Crippen LogP contribution in [0.4, 0.5) is 19.4 Å². The second-order valence-electron chi connectivity index (χ2n) is 3.77. The van der Waals surface area contributed by atoms with E-state index in [1.807, 2.05) is 0 Å². The minimum atomic E-state index is -9.74. The zero-order valence-electron chi connectivity index (χ0n) is 8.98. The number of nitrogens with two attached hydrogens (primary N) is 1. The molecule has 0 atom stereocenters. The van der Waals surface area contributed by atoms with Gasteiger partial charge in [0.05, 0.1) is 4.47 Å². The van der Waals surface area contributed by atoms with Crippen LogP contribution in [0.2, 0.25) is 0 Å². The average Bonchev–Trinajstić information content (AvgIpc) is 2.16. The molecule has 106 valence electrons. The summed E-state index contributed by atoms with van der Waals surface area (Å²) in [6.45, 7) is 0.178. The quantitative estimate of drug-likeness (QED) is 0.768. The molecule has 1 aromatic carbocycles. The van der Waals surface area contributed by atoms with E-state index < -0.39 is 25.3 Å². The van der Waals surface area contributed by atoms with Crippen LogP contribution in [0.3, 0.4) is 0 Å². The molecule has 0 bridgehead atoms. The highest BCUT2D eigenvalue weighted by Crippen LogP contribution is 3.02. The van der Waals surface area contributed by atoms with E-state index in [1.165, 1.54) is 0 Å². The lowest BCUT2D eigenvalue weighted by molar-refractivity contribution is 0.363. The van der Waals surface area contributed by atoms with E-state index in [-0.39, 0.29) is 37.1 Å². The van der Waals surface area contributed by atoms with Crippen molar-refractivity contribution in [1.82, 2.24) is 0 Å². The number of phenolic OH excluding ortho intramolecular Hbond substituents is 1. The highest BCUT2D eigenvalue weighted by atomic mass is 79.9. The van der Waals surface area contributed by atoms with Gasteiger partial charge in [-0.1, -0.05) is 19.4 Å². The number of aromatic hydroxyl groups is 1. The Kier molecular flexibility index (Phi) is 3.43. The summed E-state index contributed by atoms with van der Waals surface area (Å²) < 4.78 is 62.8. The van der Waals surface area contributed by atoms with Crippen LogP contribution in [-0.4, -0.2) is 11.7 Å². The predicted molar refractivity (Wildman–Crippen MR) is 64.6 cm³/mol. The van der Waals surface area contributed by atoms with Crippen molar-refractivity contribution in [2.24, 2.45) is 5.73 Å². The van der Waals surface area contributed by atoms with Gasteiger partial charge in [0.25, 0.3) is 0 Å². The van der Waals surface area contributed by atoms with Gasteiger partial charge in [-0.2, -0.15) is 0 Å². The smallest absolute Gasteiger partial charge is 0.310 e. The highest BCUT2D eigenvalue weighted by molar-refractivity contribution is 9.10. The van der Waals surface area contributed by atoms with Gasteiger partial charge in [0, 0.05) is 0 Å². The van der Waals surface area contributed by atoms with Crippen LogP contribution in [0.1, 0.15) is 12.0 Å². The molecule has 1 rings (SSSR count). The Hall–Kier alpha value is -0.540. The summed E-state index contributed by atoms with van der Waals surface area (Å²) in [6, 6.07) is 0.458. The molecule has 9 heteroatoms. The zero-order chi connectivity index (χ0) is 14.3. The summed E-state index contributed by atoms with van der Waals surface area (Å²) in [5, 5.41) is 9.50. The molecule has 0 saturated heterocycles. The van der Waals surface area contributed by atoms with E-state index in [0.717, 1.165) is 0 Å². The Morgan fingerprint density at radius 2 is 1.72 bits per heavy atom. The second kappa shape index (κ2) is 3.97. The number of hydrogen-bond donors (Lipinski definition) is 2. The topological polar surface area (TPSA) is 46.2 Å². The van der Waals surface area contributed by atoms with E-state index in [1.54, 1.807) is 0 Å². The first-order chi connectivity index (χ1) is 7.85. The third-order valence-corrected chi connectivity index (χ3v) is 3.94. The van der Waals surface area contributed by atoms with E-state index in [2.05, 4.69) is 15.9 Å². The standard InChI is InChI=1S/C9H11BrF5NOS/c10-8-5-7(18(11,12,13,14)15)4-6(9(8)17)2-1-3-16/h4-5,17H,1-3,16H2. The van der Waals surface area contributed by atoms with Crippen LogP contribution < -0.4 is 5.73 Å². The first-order valence-corrected chi connectivity index (χ1v) is 7.55. The van der Waals surface area contributed by atoms with Gasteiger partial charge in [0.15, 0.2) is 0 Å². The summed E-state index contributed by atoms with van der Waals surface area (Å²) in [5.41, 5.74) is 4.97. The molecule has 18 heavy (non-hydrogen) atoms. The van der Waals surface area contributed by atoms with E-state index >= 15 is 0 Å². The maximum atomic E-state index is 12.6. The van der Waals surface area contributed by atoms with E-state index in [9.17, 15) is 24.5 Å². The molecule has 0 aliphatic rings. The number of rotatable bonds is 4. The Morgan fingerprint density at radius 3 is 2.17 bits per heavy atom. The minimum Gasteiger partial charge on any atom is -0.506 e. The van der Waals surface area contributed by atoms with Crippen molar-refractivity contribution in [1.29, 1.82) is 0 Å². The number of aryl methyl sites for hydroxylation is 1. The van der Waals surface area contributed by atoms with Gasteiger partial charge in [-0.25, -0.2) is 0 Å². The van der Waals surface area contributed by atoms with Crippen molar-refractivity contribution in [2.75, 3.05) is 6.54 Å². The molecule has 0 aliphatic heterocycles. The maximum Gasteiger partial charge on any atom is 0.310 e. The number of phenols is 1. The lowest BCUT2D eigenvalue weighted by Crippen LogP contribution is -2.07. The molecule has 0 spiro atoms. The molecule has 0 unspecified atom stereocenters. The van der Waals surface area contributed by atoms with Crippen LogP contribution in [0.15, 0.2) is 21.5 Å². The van der Waals surface area contributed by atoms with Gasteiger partial charge in [0.2, 0.25) is 0 Å². The van der Waals surface area contributed by atoms with Crippen LogP contribution >= 0.6 is 26.2 Å². The molecule has 0 aliphatic carbocycles. The zero-order valence-corrected chi connectivity index (χ0v) is 11.4. The first kappa shape index (κ1) is 15.5. The van der Waals surface area contributed by atoms with Crippen LogP contribution in [0, 0.1) is 0 Å². The summed E-state index contributed by atoms with van der Waals surface area (Å²) in [6.07, 6.45) is 0.270. The molecule has 0 amide bonds. The Balaban J connectivity index is 3.39. The molecule has 0 saturated carbocycles. The molecular weight excluding hydrogens is 345 g/mol. The van der Waals surface area contributed by atoms with Gasteiger partial charge in [0.1, 0.15) is 10.6 Å². The molecule has 1 aromatic rings. The third-order valence-electron chi connectivity index (χ3n) is 2.21. The number of benzene rings is 1. The summed E-state index contributed by atoms with van der Waals surface area (Å²) in [4.78, 5) is -2.02. The van der Waals surface area contributed by atoms with Crippen molar-refractivity contribution in [3.8, 4) is 5.75 Å². The van der Waals surface area contributed by atoms with Crippen molar-refractivity contribution < 1.29 is 24.5 Å². The van der Waals surface area contributed by atoms with Crippen molar-refractivity contribution in [3.05, 3.63) is 22.2 Å². The highest BCUT2D eigenvalue weighted by Gasteiger charge is 2.65. The maximum absolute atomic E-state index is 12.6. The van der Waals surface area contributed by atoms with Crippen LogP contribution in [0.25, 0.3) is 0 Å². The third kappa shape index (κ3) is 3.72. The van der Waals surface area contributed by atoms with Gasteiger partial charge in [-0.15, -0.1) is 0 Å². The van der Waals surface area contributed by atoms with E-state index in [0.29, 0.717) is 0 Å².